The number of aromatic nitrogens is 2. The summed E-state index contributed by atoms with van der Waals surface area (Å²) in [5, 5.41) is 25.2. The van der Waals surface area contributed by atoms with Gasteiger partial charge in [-0.2, -0.15) is 10.4 Å². The fraction of sp³-hybridized carbons (Fsp3) is 0.690. The van der Waals surface area contributed by atoms with Crippen molar-refractivity contribution in [3.8, 4) is 6.07 Å². The van der Waals surface area contributed by atoms with Crippen LogP contribution in [-0.4, -0.2) is 26.3 Å². The van der Waals surface area contributed by atoms with Crippen molar-refractivity contribution < 1.29 is 9.90 Å². The van der Waals surface area contributed by atoms with E-state index in [1.54, 1.807) is 12.3 Å². The molecule has 34 heavy (non-hydrogen) atoms. The van der Waals surface area contributed by atoms with Crippen molar-refractivity contribution in [3.05, 3.63) is 30.0 Å². The summed E-state index contributed by atoms with van der Waals surface area (Å²) in [5.41, 5.74) is 1.21. The third-order valence-corrected chi connectivity index (χ3v) is 10.7. The van der Waals surface area contributed by atoms with E-state index in [9.17, 15) is 9.90 Å². The highest BCUT2D eigenvalue weighted by molar-refractivity contribution is 5.85. The summed E-state index contributed by atoms with van der Waals surface area (Å²) in [4.78, 5) is 13.7. The van der Waals surface area contributed by atoms with E-state index in [-0.39, 0.29) is 11.3 Å². The van der Waals surface area contributed by atoms with Crippen LogP contribution < -0.4 is 0 Å². The van der Waals surface area contributed by atoms with E-state index in [2.05, 4.69) is 18.1 Å². The fourth-order valence-corrected chi connectivity index (χ4v) is 9.15. The number of aliphatic hydroxyl groups is 1. The number of nitriles is 1. The van der Waals surface area contributed by atoms with Crippen LogP contribution in [0.1, 0.15) is 77.2 Å². The number of benzene rings is 1. The van der Waals surface area contributed by atoms with E-state index in [1.807, 2.05) is 23.7 Å². The molecule has 4 aliphatic carbocycles. The molecule has 8 atom stereocenters. The van der Waals surface area contributed by atoms with Crippen LogP contribution in [0.25, 0.3) is 10.9 Å². The SMILES string of the molecule is CC12CC[C@H]3[C@@H](CC[C@@H]4C[C@](C)(O)CC[C@@H]43)[C@@H]1CC[C@@H]2C(=O)Cn1ncc2cc(C#N)ccc21. The van der Waals surface area contributed by atoms with Crippen molar-refractivity contribution in [1.29, 1.82) is 5.26 Å². The maximum Gasteiger partial charge on any atom is 0.157 e. The van der Waals surface area contributed by atoms with E-state index < -0.39 is 5.60 Å². The molecule has 4 aliphatic rings. The Labute approximate surface area is 202 Å². The predicted octanol–water partition coefficient (Wildman–Crippen LogP) is 5.50. The molecule has 2 aromatic rings. The van der Waals surface area contributed by atoms with E-state index in [4.69, 9.17) is 5.26 Å². The zero-order valence-electron chi connectivity index (χ0n) is 20.5. The molecule has 0 aliphatic heterocycles. The minimum atomic E-state index is -0.463. The topological polar surface area (TPSA) is 78.9 Å². The van der Waals surface area contributed by atoms with Gasteiger partial charge in [-0.25, -0.2) is 0 Å². The maximum absolute atomic E-state index is 13.7. The first kappa shape index (κ1) is 22.3. The molecule has 0 radical (unpaired) electrons. The minimum Gasteiger partial charge on any atom is -0.390 e. The molecule has 0 bridgehead atoms. The summed E-state index contributed by atoms with van der Waals surface area (Å²) in [5.74, 6) is 4.16. The molecule has 1 N–H and O–H groups in total. The molecule has 5 nitrogen and oxygen atoms in total. The van der Waals surface area contributed by atoms with Gasteiger partial charge < -0.3 is 5.11 Å². The summed E-state index contributed by atoms with van der Waals surface area (Å²) < 4.78 is 1.83. The normalized spacial score (nSPS) is 41.4. The Hall–Kier alpha value is -2.19. The Morgan fingerprint density at radius 1 is 1.12 bits per heavy atom. The molecule has 0 amide bonds. The summed E-state index contributed by atoms with van der Waals surface area (Å²) in [6.45, 7) is 4.78. The molecule has 1 heterocycles. The van der Waals surface area contributed by atoms with Crippen LogP contribution >= 0.6 is 0 Å². The molecule has 4 fully saturated rings. The molecule has 1 aromatic carbocycles. The first-order valence-corrected chi connectivity index (χ1v) is 13.4. The van der Waals surface area contributed by atoms with Gasteiger partial charge in [-0.3, -0.25) is 9.48 Å². The van der Waals surface area contributed by atoms with Crippen LogP contribution in [0.4, 0.5) is 0 Å². The van der Waals surface area contributed by atoms with Crippen LogP contribution in [-0.2, 0) is 11.3 Å². The highest BCUT2D eigenvalue weighted by Gasteiger charge is 2.58. The first-order valence-electron chi connectivity index (χ1n) is 13.4. The molecule has 1 aromatic heterocycles. The van der Waals surface area contributed by atoms with Gasteiger partial charge in [0.2, 0.25) is 0 Å². The monoisotopic (exact) mass is 459 g/mol. The zero-order valence-corrected chi connectivity index (χ0v) is 20.5. The lowest BCUT2D eigenvalue weighted by atomic mass is 9.49. The molecule has 180 valence electrons. The molecule has 4 saturated carbocycles. The minimum absolute atomic E-state index is 0.113. The molecular formula is C29H37N3O2. The molecule has 5 heteroatoms. The second-order valence-corrected chi connectivity index (χ2v) is 12.5. The van der Waals surface area contributed by atoms with Gasteiger partial charge in [0, 0.05) is 11.3 Å². The third-order valence-electron chi connectivity index (χ3n) is 10.7. The van der Waals surface area contributed by atoms with Crippen molar-refractivity contribution in [2.24, 2.45) is 40.9 Å². The number of ketones is 1. The number of carbonyl (C=O) groups excluding carboxylic acids is 1. The Morgan fingerprint density at radius 3 is 2.76 bits per heavy atom. The number of hydrogen-bond donors (Lipinski definition) is 1. The molecule has 0 spiro atoms. The predicted molar refractivity (Wildman–Crippen MR) is 131 cm³/mol. The largest absolute Gasteiger partial charge is 0.390 e. The Morgan fingerprint density at radius 2 is 1.94 bits per heavy atom. The summed E-state index contributed by atoms with van der Waals surface area (Å²) in [7, 11) is 0. The zero-order chi connectivity index (χ0) is 23.7. The van der Waals surface area contributed by atoms with Crippen molar-refractivity contribution in [2.75, 3.05) is 0 Å². The number of nitrogens with zero attached hydrogens (tertiary/aromatic N) is 3. The van der Waals surface area contributed by atoms with Gasteiger partial charge in [0.05, 0.1) is 28.9 Å². The molecule has 1 unspecified atom stereocenters. The molecule has 6 rings (SSSR count). The first-order chi connectivity index (χ1) is 16.3. The van der Waals surface area contributed by atoms with Gasteiger partial charge in [0.1, 0.15) is 6.54 Å². The van der Waals surface area contributed by atoms with Crippen molar-refractivity contribution in [1.82, 2.24) is 9.78 Å². The third kappa shape index (κ3) is 3.44. The number of rotatable bonds is 3. The average molecular weight is 460 g/mol. The van der Waals surface area contributed by atoms with Crippen molar-refractivity contribution in [2.45, 2.75) is 83.8 Å². The van der Waals surface area contributed by atoms with Crippen LogP contribution in [0.2, 0.25) is 0 Å². The average Bonchev–Trinajstić information content (AvgIpc) is 3.38. The van der Waals surface area contributed by atoms with E-state index >= 15 is 0 Å². The highest BCUT2D eigenvalue weighted by Crippen LogP contribution is 2.64. The lowest BCUT2D eigenvalue weighted by Gasteiger charge is -2.56. The van der Waals surface area contributed by atoms with Gasteiger partial charge in [-0.15, -0.1) is 0 Å². The lowest BCUT2D eigenvalue weighted by molar-refractivity contribution is -0.133. The van der Waals surface area contributed by atoms with Crippen molar-refractivity contribution >= 4 is 16.7 Å². The van der Waals surface area contributed by atoms with Gasteiger partial charge in [-0.1, -0.05) is 6.92 Å². The van der Waals surface area contributed by atoms with Gasteiger partial charge >= 0.3 is 0 Å². The van der Waals surface area contributed by atoms with E-state index in [0.29, 0.717) is 29.7 Å². The van der Waals surface area contributed by atoms with Gasteiger partial charge in [-0.05, 0) is 118 Å². The van der Waals surface area contributed by atoms with E-state index in [0.717, 1.165) is 47.9 Å². The Kier molecular flexibility index (Phi) is 5.19. The van der Waals surface area contributed by atoms with Crippen LogP contribution in [0.5, 0.6) is 0 Å². The Bertz CT molecular complexity index is 1160. The van der Waals surface area contributed by atoms with Crippen LogP contribution in [0, 0.1) is 52.3 Å². The standard InChI is InChI=1S/C29H37N3O2/c1-28(34)11-9-21-19(14-28)4-5-23-22(21)10-12-29(2)24(23)6-7-25(29)27(33)17-32-26-8-3-18(15-30)13-20(26)16-31-32/h3,8,13,16,19,21-25,34H,4-7,9-12,14,17H2,1-2H3/t19-,21+,22-,23-,24+,25-,28-,29?/m1/s1. The lowest BCUT2D eigenvalue weighted by Crippen LogP contribution is -2.51. The summed E-state index contributed by atoms with van der Waals surface area (Å²) in [6.07, 6.45) is 12.1. The summed E-state index contributed by atoms with van der Waals surface area (Å²) in [6, 6.07) is 7.74. The van der Waals surface area contributed by atoms with E-state index in [1.165, 1.54) is 38.5 Å². The second kappa shape index (κ2) is 7.92. The quantitative estimate of drug-likeness (QED) is 0.658. The van der Waals surface area contributed by atoms with Gasteiger partial charge in [0.15, 0.2) is 5.78 Å². The number of carbonyl (C=O) groups is 1. The van der Waals surface area contributed by atoms with Crippen molar-refractivity contribution in [3.63, 3.8) is 0 Å². The number of fused-ring (bicyclic) bond motifs is 6. The molecular weight excluding hydrogens is 422 g/mol. The van der Waals surface area contributed by atoms with Crippen LogP contribution in [0.3, 0.4) is 0 Å². The number of Topliss-reactive ketones (excluding diaryl/α,β-unsaturated/α-hetero) is 1. The maximum atomic E-state index is 13.7. The second-order valence-electron chi connectivity index (χ2n) is 12.5. The number of hydrogen-bond acceptors (Lipinski definition) is 4. The fourth-order valence-electron chi connectivity index (χ4n) is 9.15. The highest BCUT2D eigenvalue weighted by atomic mass is 16.3. The van der Waals surface area contributed by atoms with Crippen LogP contribution in [0.15, 0.2) is 24.4 Å². The summed E-state index contributed by atoms with van der Waals surface area (Å²) >= 11 is 0. The van der Waals surface area contributed by atoms with Gasteiger partial charge in [0.25, 0.3) is 0 Å². The molecule has 0 saturated heterocycles. The smallest absolute Gasteiger partial charge is 0.157 e. The Balaban J connectivity index is 1.19.